The number of halogens is 1. The van der Waals surface area contributed by atoms with Gasteiger partial charge in [0, 0.05) is 0 Å². The minimum atomic E-state index is -0.164. The fourth-order valence-electron chi connectivity index (χ4n) is 2.00. The zero-order chi connectivity index (χ0) is 11.0. The molecule has 0 saturated carbocycles. The molecule has 0 amide bonds. The molecule has 0 spiro atoms. The van der Waals surface area contributed by atoms with Gasteiger partial charge < -0.3 is 0 Å². The Balaban J connectivity index is 2.80. The lowest BCUT2D eigenvalue weighted by atomic mass is 9.94. The number of aryl methyl sites for hydroxylation is 1. The number of hydrogen-bond donors (Lipinski definition) is 0. The molecule has 2 aromatic carbocycles. The van der Waals surface area contributed by atoms with Crippen LogP contribution in [0.25, 0.3) is 10.8 Å². The van der Waals surface area contributed by atoms with Crippen molar-refractivity contribution in [2.45, 2.75) is 26.7 Å². The largest absolute Gasteiger partial charge is 0.207 e. The van der Waals surface area contributed by atoms with E-state index in [2.05, 4.69) is 26.8 Å². The summed E-state index contributed by atoms with van der Waals surface area (Å²) < 4.78 is 13.1. The number of fused-ring (bicyclic) bond motifs is 1. The van der Waals surface area contributed by atoms with E-state index < -0.39 is 0 Å². The van der Waals surface area contributed by atoms with Crippen LogP contribution in [0.5, 0.6) is 0 Å². The molecular formula is C14H15F. The molecule has 1 heteroatoms. The van der Waals surface area contributed by atoms with Gasteiger partial charge in [0.1, 0.15) is 5.82 Å². The third-order valence-electron chi connectivity index (χ3n) is 2.71. The van der Waals surface area contributed by atoms with Crippen LogP contribution in [0.3, 0.4) is 0 Å². The molecule has 0 unspecified atom stereocenters. The first-order valence-electron chi connectivity index (χ1n) is 5.28. The smallest absolute Gasteiger partial charge is 0.123 e. The van der Waals surface area contributed by atoms with E-state index in [0.717, 1.165) is 10.8 Å². The quantitative estimate of drug-likeness (QED) is 0.642. The van der Waals surface area contributed by atoms with Crippen molar-refractivity contribution in [2.75, 3.05) is 0 Å². The standard InChI is InChI=1S/C14H15F/c1-9(2)14-7-10(3)6-11-8-12(15)4-5-13(11)14/h4-9H,1-3H3. The SMILES string of the molecule is Cc1cc(C(C)C)c2ccc(F)cc2c1. The van der Waals surface area contributed by atoms with Gasteiger partial charge in [-0.25, -0.2) is 4.39 Å². The molecule has 0 aliphatic carbocycles. The number of hydrogen-bond acceptors (Lipinski definition) is 0. The van der Waals surface area contributed by atoms with E-state index in [-0.39, 0.29) is 5.82 Å². The van der Waals surface area contributed by atoms with Crippen LogP contribution in [0.15, 0.2) is 30.3 Å². The van der Waals surface area contributed by atoms with Crippen LogP contribution in [0.4, 0.5) is 4.39 Å². The van der Waals surface area contributed by atoms with Crippen LogP contribution in [0.1, 0.15) is 30.9 Å². The van der Waals surface area contributed by atoms with E-state index in [0.29, 0.717) is 5.92 Å². The number of rotatable bonds is 1. The number of benzene rings is 2. The maximum Gasteiger partial charge on any atom is 0.123 e. The van der Waals surface area contributed by atoms with Crippen molar-refractivity contribution >= 4 is 10.8 Å². The molecule has 0 bridgehead atoms. The Morgan fingerprint density at radius 3 is 2.47 bits per heavy atom. The predicted molar refractivity (Wildman–Crippen MR) is 62.7 cm³/mol. The Bertz CT molecular complexity index is 493. The summed E-state index contributed by atoms with van der Waals surface area (Å²) in [4.78, 5) is 0. The summed E-state index contributed by atoms with van der Waals surface area (Å²) in [6.45, 7) is 6.38. The fourth-order valence-corrected chi connectivity index (χ4v) is 2.00. The second-order valence-electron chi connectivity index (χ2n) is 4.37. The van der Waals surface area contributed by atoms with Gasteiger partial charge in [-0.2, -0.15) is 0 Å². The molecule has 0 N–H and O–H groups in total. The lowest BCUT2D eigenvalue weighted by molar-refractivity contribution is 0.629. The van der Waals surface area contributed by atoms with Gasteiger partial charge in [0.25, 0.3) is 0 Å². The first-order chi connectivity index (χ1) is 7.08. The molecule has 0 fully saturated rings. The molecule has 2 rings (SSSR count). The lowest BCUT2D eigenvalue weighted by Crippen LogP contribution is -1.91. The van der Waals surface area contributed by atoms with Crippen molar-refractivity contribution in [3.63, 3.8) is 0 Å². The summed E-state index contributed by atoms with van der Waals surface area (Å²) in [6, 6.07) is 9.23. The zero-order valence-corrected chi connectivity index (χ0v) is 9.34. The minimum Gasteiger partial charge on any atom is -0.207 e. The van der Waals surface area contributed by atoms with E-state index in [1.54, 1.807) is 6.07 Å². The Morgan fingerprint density at radius 2 is 1.80 bits per heavy atom. The third kappa shape index (κ3) is 1.87. The molecule has 15 heavy (non-hydrogen) atoms. The van der Waals surface area contributed by atoms with E-state index in [1.165, 1.54) is 17.2 Å². The van der Waals surface area contributed by atoms with E-state index in [4.69, 9.17) is 0 Å². The summed E-state index contributed by atoms with van der Waals surface area (Å²) in [7, 11) is 0. The fraction of sp³-hybridized carbons (Fsp3) is 0.286. The summed E-state index contributed by atoms with van der Waals surface area (Å²) in [5.41, 5.74) is 2.49. The zero-order valence-electron chi connectivity index (χ0n) is 9.34. The highest BCUT2D eigenvalue weighted by atomic mass is 19.1. The highest BCUT2D eigenvalue weighted by molar-refractivity contribution is 5.87. The Hall–Kier alpha value is -1.37. The maximum atomic E-state index is 13.1. The van der Waals surface area contributed by atoms with Crippen LogP contribution >= 0.6 is 0 Å². The molecule has 0 atom stereocenters. The van der Waals surface area contributed by atoms with Gasteiger partial charge in [-0.1, -0.05) is 37.6 Å². The summed E-state index contributed by atoms with van der Waals surface area (Å²) in [5.74, 6) is 0.306. The normalized spacial score (nSPS) is 11.3. The minimum absolute atomic E-state index is 0.164. The van der Waals surface area contributed by atoms with Crippen molar-refractivity contribution in [1.29, 1.82) is 0 Å². The first-order valence-corrected chi connectivity index (χ1v) is 5.28. The van der Waals surface area contributed by atoms with Crippen LogP contribution < -0.4 is 0 Å². The second-order valence-corrected chi connectivity index (χ2v) is 4.37. The van der Waals surface area contributed by atoms with Crippen molar-refractivity contribution in [3.8, 4) is 0 Å². The first kappa shape index (κ1) is 10.2. The van der Waals surface area contributed by atoms with Gasteiger partial charge in [0.2, 0.25) is 0 Å². The molecule has 0 aliphatic heterocycles. The van der Waals surface area contributed by atoms with Crippen molar-refractivity contribution < 1.29 is 4.39 Å². The molecule has 0 nitrogen and oxygen atoms in total. The average Bonchev–Trinajstić information content (AvgIpc) is 2.15. The molecule has 0 saturated heterocycles. The van der Waals surface area contributed by atoms with Gasteiger partial charge in [0.05, 0.1) is 0 Å². The average molecular weight is 202 g/mol. The molecule has 2 aromatic rings. The molecule has 0 radical (unpaired) electrons. The highest BCUT2D eigenvalue weighted by Crippen LogP contribution is 2.27. The van der Waals surface area contributed by atoms with E-state index in [1.807, 2.05) is 12.1 Å². The summed E-state index contributed by atoms with van der Waals surface area (Å²) in [5, 5.41) is 2.16. The second kappa shape index (κ2) is 3.65. The van der Waals surface area contributed by atoms with E-state index >= 15 is 0 Å². The maximum absolute atomic E-state index is 13.1. The van der Waals surface area contributed by atoms with Gasteiger partial charge in [0.15, 0.2) is 0 Å². The van der Waals surface area contributed by atoms with E-state index in [9.17, 15) is 4.39 Å². The third-order valence-corrected chi connectivity index (χ3v) is 2.71. The highest BCUT2D eigenvalue weighted by Gasteiger charge is 2.06. The molecule has 0 heterocycles. The van der Waals surface area contributed by atoms with Crippen molar-refractivity contribution in [2.24, 2.45) is 0 Å². The van der Waals surface area contributed by atoms with Gasteiger partial charge in [-0.3, -0.25) is 0 Å². The van der Waals surface area contributed by atoms with Crippen LogP contribution in [0.2, 0.25) is 0 Å². The Morgan fingerprint density at radius 1 is 1.07 bits per heavy atom. The topological polar surface area (TPSA) is 0 Å². The Labute approximate surface area is 89.7 Å². The lowest BCUT2D eigenvalue weighted by Gasteiger charge is -2.11. The van der Waals surface area contributed by atoms with Crippen LogP contribution in [0, 0.1) is 12.7 Å². The van der Waals surface area contributed by atoms with Crippen molar-refractivity contribution in [1.82, 2.24) is 0 Å². The molecular weight excluding hydrogens is 187 g/mol. The van der Waals surface area contributed by atoms with Crippen LogP contribution in [-0.4, -0.2) is 0 Å². The van der Waals surface area contributed by atoms with Crippen molar-refractivity contribution in [3.05, 3.63) is 47.3 Å². The predicted octanol–water partition coefficient (Wildman–Crippen LogP) is 4.41. The van der Waals surface area contributed by atoms with Crippen LogP contribution in [-0.2, 0) is 0 Å². The molecule has 78 valence electrons. The summed E-state index contributed by atoms with van der Waals surface area (Å²) >= 11 is 0. The summed E-state index contributed by atoms with van der Waals surface area (Å²) in [6.07, 6.45) is 0. The van der Waals surface area contributed by atoms with Gasteiger partial charge in [-0.05, 0) is 41.3 Å². The monoisotopic (exact) mass is 202 g/mol. The molecule has 0 aliphatic rings. The molecule has 0 aromatic heterocycles. The van der Waals surface area contributed by atoms with Gasteiger partial charge in [-0.15, -0.1) is 0 Å². The Kier molecular flexibility index (Phi) is 2.47. The van der Waals surface area contributed by atoms with Gasteiger partial charge >= 0.3 is 0 Å².